The molecule has 0 aliphatic carbocycles. The second-order valence-corrected chi connectivity index (χ2v) is 5.82. The topological polar surface area (TPSA) is 64.6 Å². The highest BCUT2D eigenvalue weighted by Crippen LogP contribution is 2.11. The molecule has 2 rings (SSSR count). The Morgan fingerprint density at radius 2 is 1.73 bits per heavy atom. The van der Waals surface area contributed by atoms with Crippen molar-refractivity contribution in [1.29, 1.82) is 0 Å². The first-order chi connectivity index (χ1) is 12.5. The molecule has 1 N–H and O–H groups in total. The van der Waals surface area contributed by atoms with Crippen LogP contribution < -0.4 is 10.1 Å². The zero-order valence-corrected chi connectivity index (χ0v) is 14.6. The van der Waals surface area contributed by atoms with Crippen LogP contribution in [0, 0.1) is 5.82 Å². The van der Waals surface area contributed by atoms with Crippen LogP contribution in [-0.2, 0) is 9.53 Å². The summed E-state index contributed by atoms with van der Waals surface area (Å²) in [6.07, 6.45) is 0.616. The molecule has 0 fully saturated rings. The van der Waals surface area contributed by atoms with Gasteiger partial charge in [-0.05, 0) is 43.3 Å². The molecule has 0 aliphatic heterocycles. The van der Waals surface area contributed by atoms with Crippen LogP contribution in [-0.4, -0.2) is 31.1 Å². The van der Waals surface area contributed by atoms with Gasteiger partial charge in [-0.2, -0.15) is 0 Å². The van der Waals surface area contributed by atoms with Gasteiger partial charge < -0.3 is 14.8 Å². The van der Waals surface area contributed by atoms with E-state index in [2.05, 4.69) is 5.32 Å². The molecule has 2 aromatic rings. The molecule has 138 valence electrons. The Bertz CT molecular complexity index is 704. The van der Waals surface area contributed by atoms with E-state index in [1.807, 2.05) is 6.07 Å². The van der Waals surface area contributed by atoms with Crippen LogP contribution in [0.2, 0.25) is 0 Å². The lowest BCUT2D eigenvalue weighted by atomic mass is 10.2. The maximum absolute atomic E-state index is 12.8. The van der Waals surface area contributed by atoms with Crippen molar-refractivity contribution in [2.24, 2.45) is 0 Å². The van der Waals surface area contributed by atoms with Gasteiger partial charge in [0.25, 0.3) is 5.91 Å². The fourth-order valence-electron chi connectivity index (χ4n) is 2.22. The maximum Gasteiger partial charge on any atom is 0.307 e. The highest BCUT2D eigenvalue weighted by molar-refractivity contribution is 5.94. The molecule has 0 radical (unpaired) electrons. The van der Waals surface area contributed by atoms with Crippen molar-refractivity contribution in [2.45, 2.75) is 25.8 Å². The summed E-state index contributed by atoms with van der Waals surface area (Å²) >= 11 is 0. The van der Waals surface area contributed by atoms with Crippen molar-refractivity contribution >= 4 is 11.9 Å². The molecule has 1 amide bonds. The van der Waals surface area contributed by atoms with E-state index in [1.165, 1.54) is 12.1 Å². The second kappa shape index (κ2) is 10.2. The van der Waals surface area contributed by atoms with Gasteiger partial charge >= 0.3 is 5.97 Å². The third-order valence-electron chi connectivity index (χ3n) is 3.52. The number of ether oxygens (including phenoxy) is 2. The van der Waals surface area contributed by atoms with Gasteiger partial charge in [0.1, 0.15) is 11.6 Å². The van der Waals surface area contributed by atoms with Gasteiger partial charge in [-0.1, -0.05) is 18.2 Å². The first-order valence-electron chi connectivity index (χ1n) is 8.44. The summed E-state index contributed by atoms with van der Waals surface area (Å²) in [6.45, 7) is 2.33. The number of carbonyl (C=O) groups is 2. The molecule has 1 atom stereocenters. The summed E-state index contributed by atoms with van der Waals surface area (Å²) in [7, 11) is 0. The van der Waals surface area contributed by atoms with E-state index in [1.54, 1.807) is 43.3 Å². The van der Waals surface area contributed by atoms with Crippen molar-refractivity contribution in [1.82, 2.24) is 5.32 Å². The first-order valence-corrected chi connectivity index (χ1v) is 8.44. The summed E-state index contributed by atoms with van der Waals surface area (Å²) in [4.78, 5) is 23.8. The van der Waals surface area contributed by atoms with E-state index in [-0.39, 0.29) is 36.8 Å². The van der Waals surface area contributed by atoms with Gasteiger partial charge in [0.2, 0.25) is 0 Å². The summed E-state index contributed by atoms with van der Waals surface area (Å²) in [6, 6.07) is 14.2. The van der Waals surface area contributed by atoms with Crippen molar-refractivity contribution < 1.29 is 23.5 Å². The number of halogens is 1. The number of rotatable bonds is 9. The van der Waals surface area contributed by atoms with Crippen LogP contribution >= 0.6 is 0 Å². The Hall–Kier alpha value is -2.89. The standard InChI is InChI=1S/C20H22FNO4/c1-15(22-20(24)16-6-3-2-4-7-16)14-19(23)26-13-5-12-25-18-10-8-17(21)9-11-18/h2-4,6-11,15H,5,12-14H2,1H3,(H,22,24). The van der Waals surface area contributed by atoms with Crippen LogP contribution in [0.15, 0.2) is 54.6 Å². The monoisotopic (exact) mass is 359 g/mol. The molecule has 0 bridgehead atoms. The summed E-state index contributed by atoms with van der Waals surface area (Å²) in [5.74, 6) is -0.360. The highest BCUT2D eigenvalue weighted by Gasteiger charge is 2.13. The van der Waals surface area contributed by atoms with E-state index < -0.39 is 0 Å². The van der Waals surface area contributed by atoms with Crippen molar-refractivity contribution in [3.8, 4) is 5.75 Å². The van der Waals surface area contributed by atoms with Gasteiger partial charge in [-0.3, -0.25) is 9.59 Å². The average molecular weight is 359 g/mol. The summed E-state index contributed by atoms with van der Waals surface area (Å²) < 4.78 is 23.3. The lowest BCUT2D eigenvalue weighted by Gasteiger charge is -2.13. The lowest BCUT2D eigenvalue weighted by Crippen LogP contribution is -2.34. The minimum Gasteiger partial charge on any atom is -0.493 e. The lowest BCUT2D eigenvalue weighted by molar-refractivity contribution is -0.144. The fourth-order valence-corrected chi connectivity index (χ4v) is 2.22. The minimum absolute atomic E-state index is 0.0946. The Kier molecular flexibility index (Phi) is 7.61. The van der Waals surface area contributed by atoms with Crippen molar-refractivity contribution in [2.75, 3.05) is 13.2 Å². The number of hydrogen-bond donors (Lipinski definition) is 1. The number of carbonyl (C=O) groups excluding carboxylic acids is 2. The fraction of sp³-hybridized carbons (Fsp3) is 0.300. The van der Waals surface area contributed by atoms with E-state index in [4.69, 9.17) is 9.47 Å². The minimum atomic E-state index is -0.382. The molecule has 0 saturated carbocycles. The number of hydrogen-bond acceptors (Lipinski definition) is 4. The molecule has 5 nitrogen and oxygen atoms in total. The zero-order chi connectivity index (χ0) is 18.8. The molecule has 6 heteroatoms. The quantitative estimate of drug-likeness (QED) is 0.551. The predicted octanol–water partition coefficient (Wildman–Crippen LogP) is 3.35. The predicted molar refractivity (Wildman–Crippen MR) is 95.5 cm³/mol. The Labute approximate surface area is 152 Å². The second-order valence-electron chi connectivity index (χ2n) is 5.82. The Morgan fingerprint density at radius 1 is 1.04 bits per heavy atom. The molecule has 26 heavy (non-hydrogen) atoms. The SMILES string of the molecule is CC(CC(=O)OCCCOc1ccc(F)cc1)NC(=O)c1ccccc1. The maximum atomic E-state index is 12.8. The third-order valence-corrected chi connectivity index (χ3v) is 3.52. The number of esters is 1. The van der Waals surface area contributed by atoms with Crippen LogP contribution in [0.25, 0.3) is 0 Å². The van der Waals surface area contributed by atoms with Gasteiger partial charge in [-0.25, -0.2) is 4.39 Å². The van der Waals surface area contributed by atoms with Crippen LogP contribution in [0.3, 0.4) is 0 Å². The summed E-state index contributed by atoms with van der Waals surface area (Å²) in [5, 5.41) is 2.76. The highest BCUT2D eigenvalue weighted by atomic mass is 19.1. The summed E-state index contributed by atoms with van der Waals surface area (Å²) in [5.41, 5.74) is 0.547. The number of nitrogens with one attached hydrogen (secondary N) is 1. The number of benzene rings is 2. The van der Waals surface area contributed by atoms with E-state index in [9.17, 15) is 14.0 Å². The Morgan fingerprint density at radius 3 is 2.42 bits per heavy atom. The van der Waals surface area contributed by atoms with Crippen LogP contribution in [0.1, 0.15) is 30.1 Å². The normalized spacial score (nSPS) is 11.5. The molecule has 0 heterocycles. The van der Waals surface area contributed by atoms with Crippen LogP contribution in [0.4, 0.5) is 4.39 Å². The zero-order valence-electron chi connectivity index (χ0n) is 14.6. The average Bonchev–Trinajstić information content (AvgIpc) is 2.63. The van der Waals surface area contributed by atoms with Crippen molar-refractivity contribution in [3.63, 3.8) is 0 Å². The Balaban J connectivity index is 1.59. The molecular formula is C20H22FNO4. The van der Waals surface area contributed by atoms with Gasteiger partial charge in [-0.15, -0.1) is 0 Å². The van der Waals surface area contributed by atoms with Gasteiger partial charge in [0.15, 0.2) is 0 Å². The van der Waals surface area contributed by atoms with Gasteiger partial charge in [0, 0.05) is 18.0 Å². The molecule has 0 saturated heterocycles. The number of amides is 1. The molecule has 0 aliphatic rings. The largest absolute Gasteiger partial charge is 0.493 e. The van der Waals surface area contributed by atoms with E-state index in [0.29, 0.717) is 24.3 Å². The molecule has 1 unspecified atom stereocenters. The molecule has 0 spiro atoms. The molecule has 2 aromatic carbocycles. The smallest absolute Gasteiger partial charge is 0.307 e. The van der Waals surface area contributed by atoms with E-state index >= 15 is 0 Å². The van der Waals surface area contributed by atoms with Crippen LogP contribution in [0.5, 0.6) is 5.75 Å². The molecule has 0 aromatic heterocycles. The van der Waals surface area contributed by atoms with Gasteiger partial charge in [0.05, 0.1) is 19.6 Å². The first kappa shape index (κ1) is 19.4. The van der Waals surface area contributed by atoms with Crippen molar-refractivity contribution in [3.05, 3.63) is 66.0 Å². The third kappa shape index (κ3) is 6.93. The van der Waals surface area contributed by atoms with E-state index in [0.717, 1.165) is 0 Å². The molecular weight excluding hydrogens is 337 g/mol.